The van der Waals surface area contributed by atoms with Crippen LogP contribution in [0.1, 0.15) is 19.4 Å². The van der Waals surface area contributed by atoms with Crippen molar-refractivity contribution in [3.8, 4) is 0 Å². The maximum Gasteiger partial charge on any atom is 0.166 e. The molecule has 0 N–H and O–H groups in total. The van der Waals surface area contributed by atoms with Gasteiger partial charge in [-0.05, 0) is 32.9 Å². The molecule has 0 bridgehead atoms. The van der Waals surface area contributed by atoms with E-state index in [1.54, 1.807) is 0 Å². The van der Waals surface area contributed by atoms with Crippen LogP contribution in [0.3, 0.4) is 0 Å². The Kier molecular flexibility index (Phi) is 6.60. The van der Waals surface area contributed by atoms with Crippen LogP contribution < -0.4 is 0 Å². The molecule has 0 radical (unpaired) electrons. The minimum absolute atomic E-state index is 0.0468. The summed E-state index contributed by atoms with van der Waals surface area (Å²) in [6.45, 7) is 6.26. The van der Waals surface area contributed by atoms with E-state index in [4.69, 9.17) is 9.47 Å². The highest BCUT2D eigenvalue weighted by molar-refractivity contribution is 7.99. The van der Waals surface area contributed by atoms with Gasteiger partial charge in [0.1, 0.15) is 11.6 Å². The molecule has 0 aliphatic carbocycles. The number of ether oxygens (including phenoxy) is 2. The maximum atomic E-state index is 13.3. The summed E-state index contributed by atoms with van der Waals surface area (Å²) in [5.41, 5.74) is 0.0468. The molecule has 1 aromatic rings. The van der Waals surface area contributed by atoms with Gasteiger partial charge in [0.2, 0.25) is 0 Å². The molecule has 0 fully saturated rings. The van der Waals surface area contributed by atoms with Crippen LogP contribution in [-0.2, 0) is 9.47 Å². The number of halogens is 2. The van der Waals surface area contributed by atoms with Gasteiger partial charge in [-0.15, -0.1) is 11.8 Å². The fourth-order valence-corrected chi connectivity index (χ4v) is 2.28. The molecule has 1 aromatic carbocycles. The maximum absolute atomic E-state index is 13.3. The first kappa shape index (κ1) is 15.4. The lowest BCUT2D eigenvalue weighted by molar-refractivity contribution is -0.120. The average molecular weight is 276 g/mol. The van der Waals surface area contributed by atoms with Crippen molar-refractivity contribution in [2.24, 2.45) is 0 Å². The Morgan fingerprint density at radius 2 is 1.61 bits per heavy atom. The highest BCUT2D eigenvalue weighted by atomic mass is 32.2. The monoisotopic (exact) mass is 276 g/mol. The van der Waals surface area contributed by atoms with Gasteiger partial charge < -0.3 is 9.47 Å². The highest BCUT2D eigenvalue weighted by Crippen LogP contribution is 2.24. The van der Waals surface area contributed by atoms with Crippen LogP contribution in [0.2, 0.25) is 0 Å². The lowest BCUT2D eigenvalue weighted by atomic mass is 10.2. The zero-order valence-electron chi connectivity index (χ0n) is 10.8. The fraction of sp³-hybridized carbons (Fsp3) is 0.538. The van der Waals surface area contributed by atoms with Gasteiger partial charge in [0.15, 0.2) is 6.29 Å². The third-order valence-electron chi connectivity index (χ3n) is 2.35. The molecular formula is C13H18F2O2S. The Bertz CT molecular complexity index is 356. The Balaban J connectivity index is 2.61. The van der Waals surface area contributed by atoms with Crippen molar-refractivity contribution in [1.82, 2.24) is 0 Å². The molecular weight excluding hydrogens is 258 g/mol. The van der Waals surface area contributed by atoms with E-state index in [-0.39, 0.29) is 11.9 Å². The molecule has 0 aromatic heterocycles. The normalized spacial score (nSPS) is 11.2. The van der Waals surface area contributed by atoms with Crippen molar-refractivity contribution in [2.75, 3.05) is 19.0 Å². The molecule has 0 spiro atoms. The van der Waals surface area contributed by atoms with E-state index in [9.17, 15) is 8.78 Å². The van der Waals surface area contributed by atoms with E-state index in [1.165, 1.54) is 30.8 Å². The number of rotatable bonds is 7. The van der Waals surface area contributed by atoms with Crippen molar-refractivity contribution in [1.29, 1.82) is 0 Å². The first-order valence-electron chi connectivity index (χ1n) is 5.90. The quantitative estimate of drug-likeness (QED) is 0.558. The molecule has 0 unspecified atom stereocenters. The lowest BCUT2D eigenvalue weighted by Crippen LogP contribution is -2.20. The SMILES string of the molecule is CCOC(CSc1cc(F)c(C)c(F)c1)OCC. The summed E-state index contributed by atoms with van der Waals surface area (Å²) in [4.78, 5) is 0.542. The van der Waals surface area contributed by atoms with Crippen molar-refractivity contribution in [2.45, 2.75) is 32.0 Å². The summed E-state index contributed by atoms with van der Waals surface area (Å²) in [5.74, 6) is -0.549. The van der Waals surface area contributed by atoms with E-state index in [2.05, 4.69) is 0 Å². The third kappa shape index (κ3) is 4.55. The Hall–Kier alpha value is -0.650. The second kappa shape index (κ2) is 7.71. The van der Waals surface area contributed by atoms with E-state index in [0.29, 0.717) is 23.9 Å². The average Bonchev–Trinajstić information content (AvgIpc) is 2.33. The topological polar surface area (TPSA) is 18.5 Å². The highest BCUT2D eigenvalue weighted by Gasteiger charge is 2.11. The van der Waals surface area contributed by atoms with Gasteiger partial charge in [-0.25, -0.2) is 8.78 Å². The summed E-state index contributed by atoms with van der Waals surface area (Å²) in [5, 5.41) is 0. The fourth-order valence-electron chi connectivity index (χ4n) is 1.39. The summed E-state index contributed by atoms with van der Waals surface area (Å²) in [6, 6.07) is 2.66. The molecule has 0 atom stereocenters. The Morgan fingerprint density at radius 3 is 2.06 bits per heavy atom. The van der Waals surface area contributed by atoms with Crippen LogP contribution in [0.15, 0.2) is 17.0 Å². The van der Waals surface area contributed by atoms with E-state index < -0.39 is 11.6 Å². The number of hydrogen-bond donors (Lipinski definition) is 0. The van der Waals surface area contributed by atoms with Crippen LogP contribution >= 0.6 is 11.8 Å². The largest absolute Gasteiger partial charge is 0.352 e. The van der Waals surface area contributed by atoms with E-state index >= 15 is 0 Å². The van der Waals surface area contributed by atoms with E-state index in [1.807, 2.05) is 13.8 Å². The predicted octanol–water partition coefficient (Wildman–Crippen LogP) is 3.76. The van der Waals surface area contributed by atoms with Gasteiger partial charge in [0.25, 0.3) is 0 Å². The number of hydrogen-bond acceptors (Lipinski definition) is 3. The number of thioether (sulfide) groups is 1. The van der Waals surface area contributed by atoms with Crippen molar-refractivity contribution in [3.05, 3.63) is 29.3 Å². The molecule has 102 valence electrons. The molecule has 0 aliphatic heterocycles. The molecule has 0 saturated carbocycles. The first-order valence-corrected chi connectivity index (χ1v) is 6.88. The summed E-state index contributed by atoms with van der Waals surface area (Å²) < 4.78 is 37.4. The van der Waals surface area contributed by atoms with Crippen molar-refractivity contribution >= 4 is 11.8 Å². The zero-order chi connectivity index (χ0) is 13.5. The van der Waals surface area contributed by atoms with Crippen LogP contribution in [0, 0.1) is 18.6 Å². The van der Waals surface area contributed by atoms with E-state index in [0.717, 1.165) is 0 Å². The van der Waals surface area contributed by atoms with Gasteiger partial charge in [0, 0.05) is 29.4 Å². The van der Waals surface area contributed by atoms with Gasteiger partial charge in [-0.1, -0.05) is 0 Å². The van der Waals surface area contributed by atoms with Crippen LogP contribution in [0.25, 0.3) is 0 Å². The van der Waals surface area contributed by atoms with Crippen LogP contribution in [0.5, 0.6) is 0 Å². The van der Waals surface area contributed by atoms with Gasteiger partial charge in [-0.3, -0.25) is 0 Å². The predicted molar refractivity (Wildman–Crippen MR) is 68.9 cm³/mol. The minimum atomic E-state index is -0.526. The van der Waals surface area contributed by atoms with Gasteiger partial charge in [-0.2, -0.15) is 0 Å². The van der Waals surface area contributed by atoms with Gasteiger partial charge in [0.05, 0.1) is 0 Å². The summed E-state index contributed by atoms with van der Waals surface area (Å²) in [7, 11) is 0. The van der Waals surface area contributed by atoms with Crippen molar-refractivity contribution < 1.29 is 18.3 Å². The first-order chi connectivity index (χ1) is 8.58. The van der Waals surface area contributed by atoms with Crippen LogP contribution in [-0.4, -0.2) is 25.3 Å². The molecule has 2 nitrogen and oxygen atoms in total. The molecule has 0 saturated heterocycles. The lowest BCUT2D eigenvalue weighted by Gasteiger charge is -2.16. The smallest absolute Gasteiger partial charge is 0.166 e. The molecule has 5 heteroatoms. The molecule has 0 amide bonds. The number of benzene rings is 1. The molecule has 1 rings (SSSR count). The standard InChI is InChI=1S/C13H18F2O2S/c1-4-16-13(17-5-2)8-18-10-6-11(14)9(3)12(15)7-10/h6-7,13H,4-5,8H2,1-3H3. The third-order valence-corrected chi connectivity index (χ3v) is 3.35. The second-order valence-corrected chi connectivity index (χ2v) is 4.76. The van der Waals surface area contributed by atoms with Crippen molar-refractivity contribution in [3.63, 3.8) is 0 Å². The molecule has 0 heterocycles. The summed E-state index contributed by atoms with van der Waals surface area (Å²) in [6.07, 6.45) is -0.350. The van der Waals surface area contributed by atoms with Gasteiger partial charge >= 0.3 is 0 Å². The Labute approximate surface area is 111 Å². The minimum Gasteiger partial charge on any atom is -0.352 e. The Morgan fingerprint density at radius 1 is 1.11 bits per heavy atom. The summed E-state index contributed by atoms with van der Waals surface area (Å²) >= 11 is 1.32. The second-order valence-electron chi connectivity index (χ2n) is 3.66. The molecule has 18 heavy (non-hydrogen) atoms. The zero-order valence-corrected chi connectivity index (χ0v) is 11.7. The van der Waals surface area contributed by atoms with Crippen LogP contribution in [0.4, 0.5) is 8.78 Å². The molecule has 0 aliphatic rings.